The van der Waals surface area contributed by atoms with E-state index in [-0.39, 0.29) is 18.6 Å². The van der Waals surface area contributed by atoms with Gasteiger partial charge in [0.05, 0.1) is 0 Å². The van der Waals surface area contributed by atoms with E-state index >= 15 is 0 Å². The highest BCUT2D eigenvalue weighted by molar-refractivity contribution is 9.10. The summed E-state index contributed by atoms with van der Waals surface area (Å²) in [6.45, 7) is 4.53. The fourth-order valence-corrected chi connectivity index (χ4v) is 3.58. The van der Waals surface area contributed by atoms with E-state index in [4.69, 9.17) is 17.0 Å². The van der Waals surface area contributed by atoms with Gasteiger partial charge in [-0.05, 0) is 61.1 Å². The molecule has 0 bridgehead atoms. The van der Waals surface area contributed by atoms with Crippen LogP contribution in [0.15, 0.2) is 40.9 Å². The SMILES string of the molecule is CC(C)n1c(CCNC(=O)COc2ccc3cc(Br)ccc3c2)n[nH]c1=S. The Bertz CT molecular complexity index is 1010. The van der Waals surface area contributed by atoms with Gasteiger partial charge in [0.15, 0.2) is 11.4 Å². The van der Waals surface area contributed by atoms with Crippen LogP contribution in [-0.4, -0.2) is 33.8 Å². The number of carbonyl (C=O) groups excluding carboxylic acids is 1. The summed E-state index contributed by atoms with van der Waals surface area (Å²) in [6, 6.07) is 12.0. The van der Waals surface area contributed by atoms with Gasteiger partial charge in [-0.25, -0.2) is 0 Å². The highest BCUT2D eigenvalue weighted by atomic mass is 79.9. The van der Waals surface area contributed by atoms with Gasteiger partial charge in [-0.15, -0.1) is 0 Å². The number of rotatable bonds is 7. The molecule has 142 valence electrons. The smallest absolute Gasteiger partial charge is 0.257 e. The average Bonchev–Trinajstić information content (AvgIpc) is 3.00. The lowest BCUT2D eigenvalue weighted by molar-refractivity contribution is -0.123. The van der Waals surface area contributed by atoms with Crippen LogP contribution in [0, 0.1) is 4.77 Å². The first-order chi connectivity index (χ1) is 12.9. The zero-order valence-electron chi connectivity index (χ0n) is 15.2. The molecule has 3 aromatic rings. The van der Waals surface area contributed by atoms with Gasteiger partial charge in [-0.2, -0.15) is 5.10 Å². The molecule has 0 saturated heterocycles. The number of nitrogens with zero attached hydrogens (tertiary/aromatic N) is 2. The van der Waals surface area contributed by atoms with Gasteiger partial charge in [-0.3, -0.25) is 9.89 Å². The Kier molecular flexibility index (Phi) is 6.28. The van der Waals surface area contributed by atoms with Crippen LogP contribution in [0.3, 0.4) is 0 Å². The van der Waals surface area contributed by atoms with Crippen LogP contribution < -0.4 is 10.1 Å². The van der Waals surface area contributed by atoms with Crippen LogP contribution in [0.2, 0.25) is 0 Å². The number of ether oxygens (including phenoxy) is 1. The highest BCUT2D eigenvalue weighted by Gasteiger charge is 2.10. The van der Waals surface area contributed by atoms with Gasteiger partial charge in [-0.1, -0.05) is 28.1 Å². The van der Waals surface area contributed by atoms with Gasteiger partial charge < -0.3 is 14.6 Å². The number of H-pyrrole nitrogens is 1. The van der Waals surface area contributed by atoms with Crippen molar-refractivity contribution in [2.45, 2.75) is 26.3 Å². The molecule has 2 aromatic carbocycles. The van der Waals surface area contributed by atoms with Crippen LogP contribution in [0.5, 0.6) is 5.75 Å². The van der Waals surface area contributed by atoms with Gasteiger partial charge in [0.1, 0.15) is 11.6 Å². The van der Waals surface area contributed by atoms with Crippen LogP contribution in [-0.2, 0) is 11.2 Å². The van der Waals surface area contributed by atoms with Crippen molar-refractivity contribution in [2.75, 3.05) is 13.2 Å². The Hall–Kier alpha value is -2.19. The molecule has 2 N–H and O–H groups in total. The Labute approximate surface area is 171 Å². The van der Waals surface area contributed by atoms with Crippen molar-refractivity contribution in [3.63, 3.8) is 0 Å². The predicted molar refractivity (Wildman–Crippen MR) is 112 cm³/mol. The lowest BCUT2D eigenvalue weighted by Gasteiger charge is -2.11. The second-order valence-corrected chi connectivity index (χ2v) is 7.75. The molecule has 0 aliphatic rings. The molecule has 0 unspecified atom stereocenters. The van der Waals surface area contributed by atoms with Crippen molar-refractivity contribution in [3.05, 3.63) is 51.5 Å². The summed E-state index contributed by atoms with van der Waals surface area (Å²) in [5, 5.41) is 12.0. The molecular formula is C19H21BrN4O2S. The van der Waals surface area contributed by atoms with Gasteiger partial charge in [0.2, 0.25) is 0 Å². The summed E-state index contributed by atoms with van der Waals surface area (Å²) in [5.41, 5.74) is 0. The number of hydrogen-bond donors (Lipinski definition) is 2. The molecule has 3 rings (SSSR count). The number of halogens is 1. The lowest BCUT2D eigenvalue weighted by atomic mass is 10.1. The van der Waals surface area contributed by atoms with Crippen LogP contribution in [0.25, 0.3) is 10.8 Å². The van der Waals surface area contributed by atoms with Crippen LogP contribution in [0.1, 0.15) is 25.7 Å². The second-order valence-electron chi connectivity index (χ2n) is 6.45. The monoisotopic (exact) mass is 448 g/mol. The van der Waals surface area contributed by atoms with Crippen molar-refractivity contribution in [3.8, 4) is 5.75 Å². The zero-order chi connectivity index (χ0) is 19.4. The van der Waals surface area contributed by atoms with Gasteiger partial charge >= 0.3 is 0 Å². The summed E-state index contributed by atoms with van der Waals surface area (Å²) in [4.78, 5) is 12.0. The summed E-state index contributed by atoms with van der Waals surface area (Å²) in [6.07, 6.45) is 0.599. The quantitative estimate of drug-likeness (QED) is 0.531. The maximum absolute atomic E-state index is 12.0. The van der Waals surface area contributed by atoms with E-state index in [9.17, 15) is 4.79 Å². The Morgan fingerprint density at radius 2 is 2.04 bits per heavy atom. The third kappa shape index (κ3) is 4.95. The molecule has 6 nitrogen and oxygen atoms in total. The minimum absolute atomic E-state index is 0.0287. The molecule has 0 radical (unpaired) electrons. The number of nitrogens with one attached hydrogen (secondary N) is 2. The topological polar surface area (TPSA) is 71.9 Å². The summed E-state index contributed by atoms with van der Waals surface area (Å²) < 4.78 is 9.18. The lowest BCUT2D eigenvalue weighted by Crippen LogP contribution is -2.31. The number of hydrogen-bond acceptors (Lipinski definition) is 4. The van der Waals surface area contributed by atoms with Crippen molar-refractivity contribution in [1.29, 1.82) is 0 Å². The minimum atomic E-state index is -0.170. The maximum atomic E-state index is 12.0. The normalized spacial score (nSPS) is 11.1. The molecule has 1 heterocycles. The second kappa shape index (κ2) is 8.67. The molecule has 0 atom stereocenters. The standard InChI is InChI=1S/C19H21BrN4O2S/c1-12(2)24-17(22-23-19(24)27)7-8-21-18(25)11-26-16-6-4-13-9-15(20)5-3-14(13)10-16/h3-6,9-10,12H,7-8,11H2,1-2H3,(H,21,25)(H,23,27). The molecule has 1 aromatic heterocycles. The van der Waals surface area contributed by atoms with E-state index in [1.807, 2.05) is 54.8 Å². The van der Waals surface area contributed by atoms with Crippen LogP contribution >= 0.6 is 28.1 Å². The molecular weight excluding hydrogens is 428 g/mol. The summed E-state index contributed by atoms with van der Waals surface area (Å²) in [7, 11) is 0. The van der Waals surface area contributed by atoms with Crippen molar-refractivity contribution < 1.29 is 9.53 Å². The van der Waals surface area contributed by atoms with Gasteiger partial charge in [0, 0.05) is 23.5 Å². The zero-order valence-corrected chi connectivity index (χ0v) is 17.6. The molecule has 0 aliphatic carbocycles. The average molecular weight is 449 g/mol. The molecule has 1 amide bonds. The fourth-order valence-electron chi connectivity index (χ4n) is 2.84. The fraction of sp³-hybridized carbons (Fsp3) is 0.316. The molecule has 0 spiro atoms. The van der Waals surface area contributed by atoms with E-state index in [1.165, 1.54) is 0 Å². The molecule has 27 heavy (non-hydrogen) atoms. The van der Waals surface area contributed by atoms with E-state index in [0.29, 0.717) is 23.5 Å². The van der Waals surface area contributed by atoms with Gasteiger partial charge in [0.25, 0.3) is 5.91 Å². The molecule has 0 fully saturated rings. The number of amides is 1. The number of carbonyl (C=O) groups is 1. The van der Waals surface area contributed by atoms with E-state index in [0.717, 1.165) is 21.1 Å². The molecule has 0 aliphatic heterocycles. The van der Waals surface area contributed by atoms with E-state index in [2.05, 4.69) is 31.4 Å². The largest absolute Gasteiger partial charge is 0.484 e. The van der Waals surface area contributed by atoms with Crippen molar-refractivity contribution in [2.24, 2.45) is 0 Å². The number of aromatic nitrogens is 3. The van der Waals surface area contributed by atoms with Crippen LogP contribution in [0.4, 0.5) is 0 Å². The first-order valence-electron chi connectivity index (χ1n) is 8.68. The molecule has 0 saturated carbocycles. The minimum Gasteiger partial charge on any atom is -0.484 e. The summed E-state index contributed by atoms with van der Waals surface area (Å²) >= 11 is 8.68. The number of aromatic amines is 1. The Balaban J connectivity index is 1.50. The van der Waals surface area contributed by atoms with Crippen molar-refractivity contribution >= 4 is 44.8 Å². The maximum Gasteiger partial charge on any atom is 0.257 e. The first-order valence-corrected chi connectivity index (χ1v) is 9.89. The Morgan fingerprint density at radius 1 is 1.30 bits per heavy atom. The summed E-state index contributed by atoms with van der Waals surface area (Å²) in [5.74, 6) is 1.33. The number of fused-ring (bicyclic) bond motifs is 1. The van der Waals surface area contributed by atoms with E-state index < -0.39 is 0 Å². The highest BCUT2D eigenvalue weighted by Crippen LogP contribution is 2.24. The Morgan fingerprint density at radius 3 is 2.81 bits per heavy atom. The molecule has 8 heteroatoms. The first kappa shape index (κ1) is 19.6. The third-order valence-electron chi connectivity index (χ3n) is 4.11. The van der Waals surface area contributed by atoms with Crippen molar-refractivity contribution in [1.82, 2.24) is 20.1 Å². The number of benzene rings is 2. The third-order valence-corrected chi connectivity index (χ3v) is 4.89. The predicted octanol–water partition coefficient (Wildman–Crippen LogP) is 4.17. The van der Waals surface area contributed by atoms with E-state index in [1.54, 1.807) is 0 Å².